The molecule has 11 nitrogen and oxygen atoms in total. The number of carbonyl (C=O) groups excluding carboxylic acids is 2. The molecule has 46 heavy (non-hydrogen) atoms. The lowest BCUT2D eigenvalue weighted by Gasteiger charge is -2.35. The van der Waals surface area contributed by atoms with Gasteiger partial charge in [-0.1, -0.05) is 25.1 Å². The molecule has 2 aromatic carbocycles. The summed E-state index contributed by atoms with van der Waals surface area (Å²) >= 11 is 0. The van der Waals surface area contributed by atoms with Crippen molar-refractivity contribution in [3.8, 4) is 5.75 Å². The highest BCUT2D eigenvalue weighted by molar-refractivity contribution is 7.89. The molecule has 2 N–H and O–H groups in total. The predicted octanol–water partition coefficient (Wildman–Crippen LogP) is 4.08. The molecule has 0 aliphatic carbocycles. The van der Waals surface area contributed by atoms with Crippen LogP contribution in [0.5, 0.6) is 5.75 Å². The van der Waals surface area contributed by atoms with Crippen LogP contribution in [-0.4, -0.2) is 112 Å². The van der Waals surface area contributed by atoms with E-state index in [1.165, 1.54) is 11.4 Å². The molecule has 1 aliphatic heterocycles. The number of rotatable bonds is 11. The van der Waals surface area contributed by atoms with Crippen LogP contribution in [0, 0.1) is 5.92 Å². The number of sulfonamides is 1. The van der Waals surface area contributed by atoms with Gasteiger partial charge in [-0.05, 0) is 90.5 Å². The van der Waals surface area contributed by atoms with E-state index in [1.807, 2.05) is 32.8 Å². The van der Waals surface area contributed by atoms with Gasteiger partial charge in [0.25, 0.3) is 5.91 Å². The summed E-state index contributed by atoms with van der Waals surface area (Å²) in [6.45, 7) is 6.85. The second kappa shape index (κ2) is 17.8. The average molecular weight is 661 g/mol. The van der Waals surface area contributed by atoms with Crippen molar-refractivity contribution in [1.82, 2.24) is 14.1 Å². The molecule has 2 aromatic rings. The third kappa shape index (κ3) is 10.8. The number of hydrogen-bond acceptors (Lipinski definition) is 8. The second-order valence-electron chi connectivity index (χ2n) is 12.6. The molecule has 0 radical (unpaired) electrons. The van der Waals surface area contributed by atoms with Crippen LogP contribution in [0.3, 0.4) is 0 Å². The number of amides is 2. The van der Waals surface area contributed by atoms with Crippen molar-refractivity contribution in [2.75, 3.05) is 59.3 Å². The molecule has 4 atom stereocenters. The van der Waals surface area contributed by atoms with Crippen LogP contribution in [0.1, 0.15) is 63.2 Å². The molecule has 1 aliphatic rings. The fourth-order valence-electron chi connectivity index (χ4n) is 5.37. The molecule has 1 heterocycles. The molecular formula is C34H52N4O7S. The van der Waals surface area contributed by atoms with Gasteiger partial charge in [0.05, 0.1) is 35.3 Å². The maximum atomic E-state index is 14.3. The summed E-state index contributed by atoms with van der Waals surface area (Å²) in [5, 5.41) is 13.1. The highest BCUT2D eigenvalue weighted by Gasteiger charge is 2.32. The van der Waals surface area contributed by atoms with Crippen LogP contribution < -0.4 is 10.1 Å². The van der Waals surface area contributed by atoms with E-state index in [2.05, 4.69) is 5.32 Å². The Balaban J connectivity index is 1.92. The molecule has 0 aromatic heterocycles. The van der Waals surface area contributed by atoms with Crippen molar-refractivity contribution in [3.63, 3.8) is 0 Å². The number of likely N-dealkylation sites (N-methyl/N-ethyl adjacent to an activating group) is 1. The van der Waals surface area contributed by atoms with Gasteiger partial charge in [-0.15, -0.1) is 0 Å². The van der Waals surface area contributed by atoms with Crippen molar-refractivity contribution in [2.24, 2.45) is 5.92 Å². The van der Waals surface area contributed by atoms with Gasteiger partial charge >= 0.3 is 0 Å². The Bertz CT molecular complexity index is 1370. The van der Waals surface area contributed by atoms with Gasteiger partial charge in [0.2, 0.25) is 15.9 Å². The topological polar surface area (TPSA) is 129 Å². The zero-order chi connectivity index (χ0) is 33.9. The highest BCUT2D eigenvalue weighted by Crippen LogP contribution is 2.29. The molecule has 0 fully saturated rings. The fourth-order valence-corrected chi connectivity index (χ4v) is 6.57. The summed E-state index contributed by atoms with van der Waals surface area (Å²) < 4.78 is 40.6. The van der Waals surface area contributed by atoms with Crippen LogP contribution in [0.25, 0.3) is 0 Å². The molecule has 256 valence electrons. The van der Waals surface area contributed by atoms with Crippen LogP contribution in [0.2, 0.25) is 0 Å². The molecule has 0 saturated heterocycles. The zero-order valence-corrected chi connectivity index (χ0v) is 29.0. The Morgan fingerprint density at radius 1 is 1.11 bits per heavy atom. The lowest BCUT2D eigenvalue weighted by Crippen LogP contribution is -2.48. The molecule has 2 amide bonds. The van der Waals surface area contributed by atoms with Crippen molar-refractivity contribution >= 4 is 27.5 Å². The maximum absolute atomic E-state index is 14.3. The van der Waals surface area contributed by atoms with Crippen molar-refractivity contribution in [3.05, 3.63) is 54.1 Å². The number of ether oxygens (including phenoxy) is 2. The third-order valence-electron chi connectivity index (χ3n) is 8.23. The van der Waals surface area contributed by atoms with Gasteiger partial charge in [0.1, 0.15) is 5.75 Å². The predicted molar refractivity (Wildman–Crippen MR) is 180 cm³/mol. The van der Waals surface area contributed by atoms with Gasteiger partial charge in [-0.3, -0.25) is 9.59 Å². The molecule has 0 saturated carbocycles. The SMILES string of the molecule is C[C@@H]1CN([C@H](C)CO)C(=O)c2cc(NC(=O)CCCN(C)C)ccc2O[C@@H](C)CCCCO[C@H]1CN(C)S(=O)(=O)c1ccccc1. The van der Waals surface area contributed by atoms with E-state index in [-0.39, 0.29) is 54.0 Å². The largest absolute Gasteiger partial charge is 0.490 e. The minimum Gasteiger partial charge on any atom is -0.490 e. The second-order valence-corrected chi connectivity index (χ2v) is 14.6. The minimum absolute atomic E-state index is 0.0913. The normalized spacial score (nSPS) is 20.9. The number of benzene rings is 2. The van der Waals surface area contributed by atoms with E-state index in [1.54, 1.807) is 60.4 Å². The number of carbonyl (C=O) groups is 2. The van der Waals surface area contributed by atoms with Crippen molar-refractivity contribution < 1.29 is 32.6 Å². The van der Waals surface area contributed by atoms with Crippen LogP contribution in [0.15, 0.2) is 53.4 Å². The molecule has 3 rings (SSSR count). The Kier molecular flexibility index (Phi) is 14.5. The first-order valence-electron chi connectivity index (χ1n) is 16.1. The van der Waals surface area contributed by atoms with E-state index in [0.717, 1.165) is 25.8 Å². The van der Waals surface area contributed by atoms with E-state index in [9.17, 15) is 23.1 Å². The molecule has 0 bridgehead atoms. The number of aliphatic hydroxyl groups excluding tert-OH is 1. The number of aliphatic hydroxyl groups is 1. The smallest absolute Gasteiger partial charge is 0.258 e. The fraction of sp³-hybridized carbons (Fsp3) is 0.588. The summed E-state index contributed by atoms with van der Waals surface area (Å²) in [6.07, 6.45) is 2.63. The Morgan fingerprint density at radius 3 is 2.50 bits per heavy atom. The number of nitrogens with one attached hydrogen (secondary N) is 1. The van der Waals surface area contributed by atoms with Gasteiger partial charge < -0.3 is 29.7 Å². The Morgan fingerprint density at radius 2 is 1.83 bits per heavy atom. The van der Waals surface area contributed by atoms with Crippen LogP contribution in [-0.2, 0) is 19.6 Å². The van der Waals surface area contributed by atoms with Crippen molar-refractivity contribution in [1.29, 1.82) is 0 Å². The van der Waals surface area contributed by atoms with Crippen LogP contribution >= 0.6 is 0 Å². The Labute approximate surface area is 274 Å². The standard InChI is InChI=1S/C34H52N4O7S/c1-25-22-38(26(2)24-39)34(41)30-21-28(35-33(40)16-12-19-36(4)5)17-18-31(30)45-27(3)13-10-11-20-44-32(25)23-37(6)46(42,43)29-14-8-7-9-15-29/h7-9,14-15,17-18,21,25-27,32,39H,10-13,16,19-20,22-24H2,1-6H3,(H,35,40)/t25-,26-,27+,32+/m1/s1. The van der Waals surface area contributed by atoms with Crippen molar-refractivity contribution in [2.45, 2.75) is 76.0 Å². The zero-order valence-electron chi connectivity index (χ0n) is 28.1. The minimum atomic E-state index is -3.76. The van der Waals surface area contributed by atoms with Crippen LogP contribution in [0.4, 0.5) is 5.69 Å². The summed E-state index contributed by atoms with van der Waals surface area (Å²) in [5.41, 5.74) is 0.765. The quantitative estimate of drug-likeness (QED) is 0.369. The molecule has 12 heteroatoms. The van der Waals surface area contributed by atoms with E-state index < -0.39 is 22.2 Å². The molecular weight excluding hydrogens is 608 g/mol. The number of anilines is 1. The van der Waals surface area contributed by atoms with Gasteiger partial charge in [0.15, 0.2) is 0 Å². The Hall–Kier alpha value is -3.03. The maximum Gasteiger partial charge on any atom is 0.258 e. The van der Waals surface area contributed by atoms with Gasteiger partial charge in [-0.2, -0.15) is 4.31 Å². The molecule has 0 spiro atoms. The summed E-state index contributed by atoms with van der Waals surface area (Å²) in [4.78, 5) is 30.7. The van der Waals surface area contributed by atoms with E-state index >= 15 is 0 Å². The van der Waals surface area contributed by atoms with Gasteiger partial charge in [0, 0.05) is 44.8 Å². The lowest BCUT2D eigenvalue weighted by atomic mass is 10.0. The average Bonchev–Trinajstić information content (AvgIpc) is 3.02. The number of hydrogen-bond donors (Lipinski definition) is 2. The first-order valence-corrected chi connectivity index (χ1v) is 17.6. The van der Waals surface area contributed by atoms with E-state index in [4.69, 9.17) is 9.47 Å². The summed E-state index contributed by atoms with van der Waals surface area (Å²) in [5.74, 6) is -0.393. The summed E-state index contributed by atoms with van der Waals surface area (Å²) in [6, 6.07) is 12.8. The van der Waals surface area contributed by atoms with E-state index in [0.29, 0.717) is 30.9 Å². The first kappa shape index (κ1) is 37.4. The number of fused-ring (bicyclic) bond motifs is 1. The number of nitrogens with zero attached hydrogens (tertiary/aromatic N) is 3. The first-order chi connectivity index (χ1) is 21.8. The molecule has 0 unspecified atom stereocenters. The highest BCUT2D eigenvalue weighted by atomic mass is 32.2. The monoisotopic (exact) mass is 660 g/mol. The third-order valence-corrected chi connectivity index (χ3v) is 10.1. The summed E-state index contributed by atoms with van der Waals surface area (Å²) in [7, 11) is 1.69. The lowest BCUT2D eigenvalue weighted by molar-refractivity contribution is -0.116. The van der Waals surface area contributed by atoms with Gasteiger partial charge in [-0.25, -0.2) is 8.42 Å².